The minimum absolute atomic E-state index is 0. The summed E-state index contributed by atoms with van der Waals surface area (Å²) in [7, 11) is 0. The standard InChI is InChI=1S/6C6H15O3PS.Mo/c6*1-5(2)8-10(7,11)9-6(3)4;/h6*5-6H,1-4H3,(H,7,11);/p-6. The van der Waals surface area contributed by atoms with Crippen molar-refractivity contribution in [1.29, 1.82) is 0 Å². The van der Waals surface area contributed by atoms with E-state index in [1.807, 2.05) is 0 Å². The summed E-state index contributed by atoms with van der Waals surface area (Å²) < 4.78 is 58.8. The fourth-order valence-corrected chi connectivity index (χ4v) is 15.9. The summed E-state index contributed by atoms with van der Waals surface area (Å²) in [6, 6.07) is 0. The summed E-state index contributed by atoms with van der Waals surface area (Å²) in [5.41, 5.74) is 0. The molecule has 0 unspecified atom stereocenters. The average Bonchev–Trinajstić information content (AvgIpc) is 2.90. The minimum atomic E-state index is -3.22. The van der Waals surface area contributed by atoms with Crippen molar-refractivity contribution in [3.8, 4) is 0 Å². The van der Waals surface area contributed by atoms with Gasteiger partial charge in [-0.15, -0.1) is 0 Å². The molecule has 0 aromatic carbocycles. The van der Waals surface area contributed by atoms with Gasteiger partial charge in [-0.1, -0.05) is 70.8 Å². The van der Waals surface area contributed by atoms with Crippen LogP contribution in [0.3, 0.4) is 0 Å². The van der Waals surface area contributed by atoms with E-state index < -0.39 is 40.3 Å². The maximum Gasteiger partial charge on any atom is 0.116 e. The van der Waals surface area contributed by atoms with E-state index in [4.69, 9.17) is 54.3 Å². The Labute approximate surface area is 451 Å². The van der Waals surface area contributed by atoms with E-state index in [0.717, 1.165) is 0 Å². The first-order valence-electron chi connectivity index (χ1n) is 21.1. The molecule has 0 rings (SSSR count). The van der Waals surface area contributed by atoms with Gasteiger partial charge in [0.2, 0.25) is 0 Å². The quantitative estimate of drug-likeness (QED) is 0.0648. The third kappa shape index (κ3) is 78.9. The van der Waals surface area contributed by atoms with Crippen LogP contribution in [0, 0.1) is 0 Å². The van der Waals surface area contributed by atoms with Crippen molar-refractivity contribution >= 4 is 111 Å². The van der Waals surface area contributed by atoms with Crippen LogP contribution in [0.4, 0.5) is 0 Å². The summed E-state index contributed by atoms with van der Waals surface area (Å²) >= 11 is 27.6. The van der Waals surface area contributed by atoms with Crippen molar-refractivity contribution in [3.63, 3.8) is 0 Å². The van der Waals surface area contributed by atoms with Gasteiger partial charge in [0.05, 0.1) is 73.2 Å². The van der Waals surface area contributed by atoms with Crippen LogP contribution in [0.5, 0.6) is 0 Å². The van der Waals surface area contributed by atoms with Gasteiger partial charge in [0.1, 0.15) is 40.3 Å². The molecule has 0 heterocycles. The molecule has 0 amide bonds. The monoisotopic (exact) mass is 1280 g/mol. The van der Waals surface area contributed by atoms with E-state index in [9.17, 15) is 29.4 Å². The fraction of sp³-hybridized carbons (Fsp3) is 1.00. The zero-order valence-electron chi connectivity index (χ0n) is 43.8. The summed E-state index contributed by atoms with van der Waals surface area (Å²) in [6.45, 7) is 23.1. The maximum atomic E-state index is 11.2. The molecule has 0 bridgehead atoms. The minimum Gasteiger partial charge on any atom is -0.780 e. The first kappa shape index (κ1) is 84.8. The molecule has 0 aliphatic carbocycles. The van der Waals surface area contributed by atoms with Crippen LogP contribution in [0.1, 0.15) is 166 Å². The SMILES string of the molecule is CC(C)OP([O-])(=S)OC(C)C.CC(C)OP([O-])(=S)OC(C)C.CC(C)OP([O-])(=S)OC(C)C.CC(C)OP([O-])(=S)OC(C)C.CC(C)OP([O-])(=S)OC(C)C.CC(C)OP([O-])(=S)OC(C)C.[Mo]. The Morgan fingerprint density at radius 1 is 0.194 bits per heavy atom. The molecular weight excluding hydrogens is 1190 g/mol. The van der Waals surface area contributed by atoms with Crippen LogP contribution in [0.25, 0.3) is 0 Å². The van der Waals surface area contributed by atoms with Crippen LogP contribution < -0.4 is 29.4 Å². The predicted molar refractivity (Wildman–Crippen MR) is 280 cm³/mol. The average molecular weight is 1280 g/mol. The molecule has 0 aliphatic rings. The molecule has 0 radical (unpaired) electrons. The van der Waals surface area contributed by atoms with Gasteiger partial charge in [0.25, 0.3) is 0 Å². The molecule has 0 atom stereocenters. The van der Waals surface area contributed by atoms with Gasteiger partial charge in [0, 0.05) is 21.1 Å². The van der Waals surface area contributed by atoms with Crippen LogP contribution in [0.2, 0.25) is 0 Å². The zero-order chi connectivity index (χ0) is 54.4. The van der Waals surface area contributed by atoms with Crippen LogP contribution in [-0.2, 0) is 146 Å². The number of hydrogen-bond acceptors (Lipinski definition) is 24. The van der Waals surface area contributed by atoms with Gasteiger partial charge < -0.3 is 83.6 Å². The third-order valence-electron chi connectivity index (χ3n) is 4.08. The Bertz CT molecular complexity index is 1150. The van der Waals surface area contributed by atoms with Crippen LogP contribution in [-0.4, -0.2) is 73.2 Å². The number of rotatable bonds is 24. The molecule has 0 aromatic rings. The number of hydrogen-bond donors (Lipinski definition) is 0. The molecule has 414 valence electrons. The fourth-order valence-electron chi connectivity index (χ4n) is 3.25. The van der Waals surface area contributed by atoms with E-state index in [-0.39, 0.29) is 94.3 Å². The second-order valence-corrected chi connectivity index (χ2v) is 32.5. The van der Waals surface area contributed by atoms with E-state index >= 15 is 0 Å². The molecular formula is C36H84MoO18P6S6-6. The van der Waals surface area contributed by atoms with Gasteiger partial charge in [-0.3, -0.25) is 0 Å². The van der Waals surface area contributed by atoms with Crippen LogP contribution >= 0.6 is 40.3 Å². The van der Waals surface area contributed by atoms with Gasteiger partial charge in [0.15, 0.2) is 0 Å². The molecule has 0 aromatic heterocycles. The van der Waals surface area contributed by atoms with E-state index in [1.165, 1.54) is 0 Å². The molecule has 67 heavy (non-hydrogen) atoms. The van der Waals surface area contributed by atoms with Crippen molar-refractivity contribution in [3.05, 3.63) is 0 Å². The molecule has 0 N–H and O–H groups in total. The molecule has 0 saturated heterocycles. The molecule has 0 aliphatic heterocycles. The van der Waals surface area contributed by atoms with Crippen molar-refractivity contribution in [2.45, 2.75) is 239 Å². The summed E-state index contributed by atoms with van der Waals surface area (Å²) in [5.74, 6) is 0. The predicted octanol–water partition coefficient (Wildman–Crippen LogP) is 8.52. The molecule has 31 heteroatoms. The van der Waals surface area contributed by atoms with Crippen molar-refractivity contribution in [1.82, 2.24) is 0 Å². The first-order chi connectivity index (χ1) is 29.0. The molecule has 0 saturated carbocycles. The Morgan fingerprint density at radius 2 is 0.239 bits per heavy atom. The van der Waals surface area contributed by atoms with Gasteiger partial charge >= 0.3 is 0 Å². The molecule has 0 spiro atoms. The normalized spacial score (nSPS) is 12.8. The Balaban J connectivity index is -0.000000129. The summed E-state index contributed by atoms with van der Waals surface area (Å²) in [6.07, 6.45) is -1.87. The zero-order valence-corrected chi connectivity index (χ0v) is 56.1. The van der Waals surface area contributed by atoms with E-state index in [2.05, 4.69) is 70.8 Å². The van der Waals surface area contributed by atoms with E-state index in [0.29, 0.717) is 0 Å². The van der Waals surface area contributed by atoms with Crippen LogP contribution in [0.15, 0.2) is 0 Å². The smallest absolute Gasteiger partial charge is 0.116 e. The second kappa shape index (κ2) is 42.9. The third-order valence-corrected chi connectivity index (χ3v) is 15.3. The largest absolute Gasteiger partial charge is 0.780 e. The van der Waals surface area contributed by atoms with E-state index in [1.54, 1.807) is 166 Å². The summed E-state index contributed by atoms with van der Waals surface area (Å²) in [4.78, 5) is 67.2. The van der Waals surface area contributed by atoms with Crippen molar-refractivity contribution in [2.75, 3.05) is 0 Å². The Morgan fingerprint density at radius 3 is 0.269 bits per heavy atom. The van der Waals surface area contributed by atoms with Crippen molar-refractivity contribution in [2.24, 2.45) is 0 Å². The summed E-state index contributed by atoms with van der Waals surface area (Å²) in [5, 5.41) is 0. The maximum absolute atomic E-state index is 11.2. The van der Waals surface area contributed by atoms with Gasteiger partial charge in [-0.2, -0.15) is 0 Å². The molecule has 18 nitrogen and oxygen atoms in total. The van der Waals surface area contributed by atoms with Gasteiger partial charge in [-0.05, 0) is 166 Å². The Kier molecular flexibility index (Phi) is 54.3. The first-order valence-corrected chi connectivity index (χ1v) is 36.4. The Hall–Kier alpha value is 3.87. The van der Waals surface area contributed by atoms with Gasteiger partial charge in [-0.25, -0.2) is 0 Å². The molecule has 0 fully saturated rings. The second-order valence-electron chi connectivity index (χ2n) is 16.5. The topological polar surface area (TPSA) is 249 Å². The van der Waals surface area contributed by atoms with Crippen molar-refractivity contribution < 1.29 is 105 Å².